The molecule has 1 aliphatic heterocycles. The third-order valence-electron chi connectivity index (χ3n) is 2.94. The lowest BCUT2D eigenvalue weighted by molar-refractivity contribution is -0.132. The van der Waals surface area contributed by atoms with Crippen LogP contribution in [0.25, 0.3) is 0 Å². The average molecular weight is 218 g/mol. The first-order valence-electron chi connectivity index (χ1n) is 5.55. The molecule has 0 aromatic heterocycles. The van der Waals surface area contributed by atoms with Crippen molar-refractivity contribution in [3.8, 4) is 0 Å². The van der Waals surface area contributed by atoms with Gasteiger partial charge in [-0.05, 0) is 18.8 Å². The molecule has 2 unspecified atom stereocenters. The molecule has 82 valence electrons. The first kappa shape index (κ1) is 11.8. The Hall–Kier alpha value is -0.240. The molecule has 1 amide bonds. The van der Waals surface area contributed by atoms with Gasteiger partial charge in [-0.2, -0.15) is 0 Å². The van der Waals surface area contributed by atoms with E-state index in [1.54, 1.807) is 0 Å². The Morgan fingerprint density at radius 1 is 1.64 bits per heavy atom. The lowest BCUT2D eigenvalue weighted by atomic mass is 10.0. The van der Waals surface area contributed by atoms with Gasteiger partial charge in [0.25, 0.3) is 0 Å². The second-order valence-corrected chi connectivity index (χ2v) is 4.91. The van der Waals surface area contributed by atoms with Gasteiger partial charge in [0.05, 0.1) is 5.38 Å². The van der Waals surface area contributed by atoms with E-state index in [9.17, 15) is 4.79 Å². The zero-order chi connectivity index (χ0) is 10.6. The molecule has 1 aliphatic rings. The molecule has 0 saturated carbocycles. The van der Waals surface area contributed by atoms with Crippen molar-refractivity contribution in [3.05, 3.63) is 0 Å². The smallest absolute Gasteiger partial charge is 0.222 e. The van der Waals surface area contributed by atoms with E-state index in [4.69, 9.17) is 11.6 Å². The fraction of sp³-hybridized carbons (Fsp3) is 0.909. The Labute approximate surface area is 91.6 Å². The standard InChI is InChI=1S/C11H20ClNO/c1-3-9(2)7-11(14)13-6-4-5-10(12)8-13/h9-10H,3-8H2,1-2H3. The summed E-state index contributed by atoms with van der Waals surface area (Å²) in [6, 6.07) is 0. The van der Waals surface area contributed by atoms with Crippen LogP contribution in [0.3, 0.4) is 0 Å². The SMILES string of the molecule is CCC(C)CC(=O)N1CCCC(Cl)C1. The minimum atomic E-state index is 0.171. The van der Waals surface area contributed by atoms with Crippen molar-refractivity contribution in [2.75, 3.05) is 13.1 Å². The topological polar surface area (TPSA) is 20.3 Å². The van der Waals surface area contributed by atoms with E-state index < -0.39 is 0 Å². The largest absolute Gasteiger partial charge is 0.341 e. The van der Waals surface area contributed by atoms with Crippen LogP contribution in [0.1, 0.15) is 39.5 Å². The minimum absolute atomic E-state index is 0.171. The van der Waals surface area contributed by atoms with Crippen LogP contribution in [0.5, 0.6) is 0 Å². The number of amides is 1. The number of carbonyl (C=O) groups is 1. The van der Waals surface area contributed by atoms with E-state index in [0.29, 0.717) is 12.3 Å². The predicted molar refractivity (Wildman–Crippen MR) is 59.5 cm³/mol. The van der Waals surface area contributed by atoms with Crippen molar-refractivity contribution in [2.45, 2.75) is 44.9 Å². The fourth-order valence-corrected chi connectivity index (χ4v) is 2.04. The molecule has 0 N–H and O–H groups in total. The van der Waals surface area contributed by atoms with Crippen LogP contribution in [-0.2, 0) is 4.79 Å². The van der Waals surface area contributed by atoms with Crippen LogP contribution in [0.4, 0.5) is 0 Å². The molecule has 14 heavy (non-hydrogen) atoms. The van der Waals surface area contributed by atoms with Crippen molar-refractivity contribution < 1.29 is 4.79 Å². The van der Waals surface area contributed by atoms with Gasteiger partial charge in [0, 0.05) is 19.5 Å². The zero-order valence-electron chi connectivity index (χ0n) is 9.13. The Balaban J connectivity index is 2.36. The highest BCUT2D eigenvalue weighted by atomic mass is 35.5. The Morgan fingerprint density at radius 3 is 2.93 bits per heavy atom. The minimum Gasteiger partial charge on any atom is -0.341 e. The molecule has 2 nitrogen and oxygen atoms in total. The molecule has 1 fully saturated rings. The molecule has 1 heterocycles. The van der Waals surface area contributed by atoms with Gasteiger partial charge in [-0.25, -0.2) is 0 Å². The summed E-state index contributed by atoms with van der Waals surface area (Å²) in [6.45, 7) is 5.90. The maximum atomic E-state index is 11.8. The molecular formula is C11H20ClNO. The highest BCUT2D eigenvalue weighted by Crippen LogP contribution is 2.17. The van der Waals surface area contributed by atoms with Gasteiger partial charge in [0.1, 0.15) is 0 Å². The van der Waals surface area contributed by atoms with Crippen LogP contribution in [0, 0.1) is 5.92 Å². The van der Waals surface area contributed by atoms with Crippen molar-refractivity contribution in [3.63, 3.8) is 0 Å². The lowest BCUT2D eigenvalue weighted by Gasteiger charge is -2.30. The Bertz CT molecular complexity index is 196. The normalized spacial score (nSPS) is 24.8. The summed E-state index contributed by atoms with van der Waals surface area (Å²) >= 11 is 6.03. The van der Waals surface area contributed by atoms with Gasteiger partial charge in [-0.1, -0.05) is 20.3 Å². The van der Waals surface area contributed by atoms with Crippen LogP contribution in [0.15, 0.2) is 0 Å². The Morgan fingerprint density at radius 2 is 2.36 bits per heavy atom. The number of carbonyl (C=O) groups excluding carboxylic acids is 1. The maximum Gasteiger partial charge on any atom is 0.222 e. The van der Waals surface area contributed by atoms with E-state index in [2.05, 4.69) is 13.8 Å². The quantitative estimate of drug-likeness (QED) is 0.666. The summed E-state index contributed by atoms with van der Waals surface area (Å²) in [6.07, 6.45) is 3.86. The van der Waals surface area contributed by atoms with E-state index in [-0.39, 0.29) is 11.3 Å². The fourth-order valence-electron chi connectivity index (χ4n) is 1.72. The van der Waals surface area contributed by atoms with E-state index in [1.807, 2.05) is 4.90 Å². The third kappa shape index (κ3) is 3.49. The Kier molecular flexibility index (Phi) is 4.73. The second-order valence-electron chi connectivity index (χ2n) is 4.30. The second kappa shape index (κ2) is 5.59. The number of nitrogens with zero attached hydrogens (tertiary/aromatic N) is 1. The molecule has 0 aromatic rings. The lowest BCUT2D eigenvalue weighted by Crippen LogP contribution is -2.40. The number of rotatable bonds is 3. The summed E-state index contributed by atoms with van der Waals surface area (Å²) in [5.74, 6) is 0.780. The summed E-state index contributed by atoms with van der Waals surface area (Å²) < 4.78 is 0. The molecular weight excluding hydrogens is 198 g/mol. The zero-order valence-corrected chi connectivity index (χ0v) is 9.89. The third-order valence-corrected chi connectivity index (χ3v) is 3.29. The monoisotopic (exact) mass is 217 g/mol. The highest BCUT2D eigenvalue weighted by molar-refractivity contribution is 6.20. The van der Waals surface area contributed by atoms with Crippen LogP contribution < -0.4 is 0 Å². The first-order valence-corrected chi connectivity index (χ1v) is 5.99. The summed E-state index contributed by atoms with van der Waals surface area (Å²) in [5, 5.41) is 0.171. The first-order chi connectivity index (χ1) is 6.63. The van der Waals surface area contributed by atoms with Crippen LogP contribution in [0.2, 0.25) is 0 Å². The van der Waals surface area contributed by atoms with Crippen LogP contribution >= 0.6 is 11.6 Å². The molecule has 3 heteroatoms. The maximum absolute atomic E-state index is 11.8. The van der Waals surface area contributed by atoms with Gasteiger partial charge < -0.3 is 4.90 Å². The van der Waals surface area contributed by atoms with Crippen molar-refractivity contribution in [1.29, 1.82) is 0 Å². The molecule has 1 saturated heterocycles. The molecule has 2 atom stereocenters. The van der Waals surface area contributed by atoms with Gasteiger partial charge >= 0.3 is 0 Å². The van der Waals surface area contributed by atoms with Crippen molar-refractivity contribution >= 4 is 17.5 Å². The summed E-state index contributed by atoms with van der Waals surface area (Å²) in [4.78, 5) is 13.7. The number of alkyl halides is 1. The van der Waals surface area contributed by atoms with Crippen LogP contribution in [-0.4, -0.2) is 29.3 Å². The molecule has 1 rings (SSSR count). The van der Waals surface area contributed by atoms with E-state index >= 15 is 0 Å². The predicted octanol–water partition coefficient (Wildman–Crippen LogP) is 2.65. The van der Waals surface area contributed by atoms with Crippen molar-refractivity contribution in [2.24, 2.45) is 5.92 Å². The molecule has 0 bridgehead atoms. The highest BCUT2D eigenvalue weighted by Gasteiger charge is 2.22. The number of piperidine rings is 1. The number of halogens is 1. The van der Waals surface area contributed by atoms with Gasteiger partial charge in [0.2, 0.25) is 5.91 Å². The molecule has 0 spiro atoms. The van der Waals surface area contributed by atoms with Gasteiger partial charge in [-0.3, -0.25) is 4.79 Å². The number of hydrogen-bond donors (Lipinski definition) is 0. The van der Waals surface area contributed by atoms with E-state index in [1.165, 1.54) is 0 Å². The molecule has 0 radical (unpaired) electrons. The molecule has 0 aliphatic carbocycles. The molecule has 0 aromatic carbocycles. The van der Waals surface area contributed by atoms with Gasteiger partial charge in [0.15, 0.2) is 0 Å². The number of likely N-dealkylation sites (tertiary alicyclic amines) is 1. The summed E-state index contributed by atoms with van der Waals surface area (Å²) in [7, 11) is 0. The average Bonchev–Trinajstić information content (AvgIpc) is 2.17. The van der Waals surface area contributed by atoms with E-state index in [0.717, 1.165) is 32.4 Å². The summed E-state index contributed by atoms with van der Waals surface area (Å²) in [5.41, 5.74) is 0. The van der Waals surface area contributed by atoms with Gasteiger partial charge in [-0.15, -0.1) is 11.6 Å². The number of hydrogen-bond acceptors (Lipinski definition) is 1. The van der Waals surface area contributed by atoms with Crippen molar-refractivity contribution in [1.82, 2.24) is 4.90 Å².